The minimum Gasteiger partial charge on any atom is -0.493 e. The molecule has 1 aliphatic rings. The van der Waals surface area contributed by atoms with Crippen molar-refractivity contribution in [3.05, 3.63) is 59.7 Å². The number of hydrogen-bond donors (Lipinski definition) is 1. The lowest BCUT2D eigenvalue weighted by molar-refractivity contribution is 0.284. The minimum atomic E-state index is 0.483. The summed E-state index contributed by atoms with van der Waals surface area (Å²) in [6.45, 7) is 2.34. The van der Waals surface area contributed by atoms with Gasteiger partial charge in [-0.25, -0.2) is 0 Å². The summed E-state index contributed by atoms with van der Waals surface area (Å²) in [5.41, 5.74) is 2.22. The van der Waals surface area contributed by atoms with Crippen molar-refractivity contribution in [2.75, 3.05) is 20.2 Å². The predicted molar refractivity (Wildman–Crippen MR) is 87.8 cm³/mol. The fourth-order valence-corrected chi connectivity index (χ4v) is 2.48. The van der Waals surface area contributed by atoms with Crippen LogP contribution < -0.4 is 14.8 Å². The van der Waals surface area contributed by atoms with E-state index in [1.807, 2.05) is 36.4 Å². The number of para-hydroxylation sites is 2. The van der Waals surface area contributed by atoms with Crippen LogP contribution >= 0.6 is 0 Å². The van der Waals surface area contributed by atoms with Gasteiger partial charge in [0.25, 0.3) is 0 Å². The molecule has 0 bridgehead atoms. The topological polar surface area (TPSA) is 42.9 Å². The highest BCUT2D eigenvalue weighted by molar-refractivity contribution is 6.00. The van der Waals surface area contributed by atoms with Crippen LogP contribution in [0.1, 0.15) is 17.5 Å². The maximum atomic E-state index is 5.94. The first-order chi connectivity index (χ1) is 10.9. The molecule has 0 saturated carbocycles. The van der Waals surface area contributed by atoms with Crippen LogP contribution in [0.15, 0.2) is 53.5 Å². The summed E-state index contributed by atoms with van der Waals surface area (Å²) in [5, 5.41) is 3.37. The van der Waals surface area contributed by atoms with Crippen molar-refractivity contribution in [3.8, 4) is 11.5 Å². The first kappa shape index (κ1) is 14.4. The highest BCUT2D eigenvalue weighted by Gasteiger charge is 2.12. The molecular formula is C18H20N2O2. The fraction of sp³-hybridized carbons (Fsp3) is 0.278. The highest BCUT2D eigenvalue weighted by Crippen LogP contribution is 2.27. The van der Waals surface area contributed by atoms with Crippen molar-refractivity contribution in [3.63, 3.8) is 0 Å². The second-order valence-corrected chi connectivity index (χ2v) is 5.11. The Kier molecular flexibility index (Phi) is 4.59. The molecule has 114 valence electrons. The Morgan fingerprint density at radius 3 is 2.59 bits per heavy atom. The summed E-state index contributed by atoms with van der Waals surface area (Å²) < 4.78 is 11.3. The molecule has 0 saturated heterocycles. The third-order valence-electron chi connectivity index (χ3n) is 3.62. The number of benzene rings is 2. The van der Waals surface area contributed by atoms with Gasteiger partial charge in [-0.2, -0.15) is 0 Å². The maximum absolute atomic E-state index is 5.94. The number of amidine groups is 1. The van der Waals surface area contributed by atoms with Gasteiger partial charge in [-0.1, -0.05) is 36.4 Å². The first-order valence-electron chi connectivity index (χ1n) is 7.51. The molecule has 0 aliphatic carbocycles. The van der Waals surface area contributed by atoms with Gasteiger partial charge in [-0.3, -0.25) is 4.99 Å². The Morgan fingerprint density at radius 2 is 1.82 bits per heavy atom. The number of rotatable bonds is 5. The lowest BCUT2D eigenvalue weighted by Gasteiger charge is -2.18. The zero-order valence-electron chi connectivity index (χ0n) is 12.7. The fourth-order valence-electron chi connectivity index (χ4n) is 2.48. The monoisotopic (exact) mass is 296 g/mol. The third-order valence-corrected chi connectivity index (χ3v) is 3.62. The van der Waals surface area contributed by atoms with E-state index in [4.69, 9.17) is 9.47 Å². The van der Waals surface area contributed by atoms with Gasteiger partial charge in [-0.15, -0.1) is 0 Å². The molecule has 1 aliphatic heterocycles. The van der Waals surface area contributed by atoms with Gasteiger partial charge in [-0.05, 0) is 18.6 Å². The SMILES string of the molecule is COc1ccccc1OCc1ccccc1C1=NCCCN1. The molecule has 0 aromatic heterocycles. The standard InChI is InChI=1S/C18H20N2O2/c1-21-16-9-4-5-10-17(16)22-13-14-7-2-3-8-15(14)18-19-11-6-12-20-18/h2-5,7-10H,6,11-13H2,1H3,(H,19,20). The van der Waals surface area contributed by atoms with E-state index < -0.39 is 0 Å². The average Bonchev–Trinajstić information content (AvgIpc) is 2.61. The van der Waals surface area contributed by atoms with E-state index in [0.717, 1.165) is 48.0 Å². The Balaban J connectivity index is 1.79. The Morgan fingerprint density at radius 1 is 1.05 bits per heavy atom. The molecule has 4 nitrogen and oxygen atoms in total. The lowest BCUT2D eigenvalue weighted by atomic mass is 10.1. The number of nitrogens with zero attached hydrogens (tertiary/aromatic N) is 1. The maximum Gasteiger partial charge on any atom is 0.161 e. The Hall–Kier alpha value is -2.49. The molecule has 0 atom stereocenters. The molecule has 3 rings (SSSR count). The zero-order chi connectivity index (χ0) is 15.2. The van der Waals surface area contributed by atoms with Crippen molar-refractivity contribution in [2.24, 2.45) is 4.99 Å². The first-order valence-corrected chi connectivity index (χ1v) is 7.51. The third kappa shape index (κ3) is 3.22. The van der Waals surface area contributed by atoms with E-state index >= 15 is 0 Å². The Bertz CT molecular complexity index is 668. The molecule has 1 heterocycles. The van der Waals surface area contributed by atoms with E-state index in [2.05, 4.69) is 22.4 Å². The average molecular weight is 296 g/mol. The molecule has 2 aromatic rings. The van der Waals surface area contributed by atoms with Gasteiger partial charge < -0.3 is 14.8 Å². The molecule has 0 spiro atoms. The normalized spacial score (nSPS) is 14.0. The van der Waals surface area contributed by atoms with Gasteiger partial charge in [0.1, 0.15) is 12.4 Å². The van der Waals surface area contributed by atoms with E-state index in [1.54, 1.807) is 7.11 Å². The summed E-state index contributed by atoms with van der Waals surface area (Å²) in [6, 6.07) is 15.9. The molecule has 0 amide bonds. The van der Waals surface area contributed by atoms with Gasteiger partial charge in [0.15, 0.2) is 11.5 Å². The number of hydrogen-bond acceptors (Lipinski definition) is 4. The summed E-state index contributed by atoms with van der Waals surface area (Å²) >= 11 is 0. The highest BCUT2D eigenvalue weighted by atomic mass is 16.5. The molecule has 0 unspecified atom stereocenters. The smallest absolute Gasteiger partial charge is 0.161 e. The van der Waals surface area contributed by atoms with Crippen LogP contribution in [0.2, 0.25) is 0 Å². The van der Waals surface area contributed by atoms with Crippen LogP contribution in [0.3, 0.4) is 0 Å². The summed E-state index contributed by atoms with van der Waals surface area (Å²) in [5.74, 6) is 2.46. The largest absolute Gasteiger partial charge is 0.493 e. The molecule has 4 heteroatoms. The minimum absolute atomic E-state index is 0.483. The van der Waals surface area contributed by atoms with E-state index in [0.29, 0.717) is 6.61 Å². The van der Waals surface area contributed by atoms with Gasteiger partial charge >= 0.3 is 0 Å². The van der Waals surface area contributed by atoms with Crippen LogP contribution in [-0.4, -0.2) is 26.0 Å². The number of ether oxygens (including phenoxy) is 2. The van der Waals surface area contributed by atoms with Crippen molar-refractivity contribution >= 4 is 5.84 Å². The zero-order valence-corrected chi connectivity index (χ0v) is 12.7. The second-order valence-electron chi connectivity index (χ2n) is 5.11. The lowest BCUT2D eigenvalue weighted by Crippen LogP contribution is -2.31. The number of methoxy groups -OCH3 is 1. The van der Waals surface area contributed by atoms with Gasteiger partial charge in [0, 0.05) is 24.2 Å². The second kappa shape index (κ2) is 6.98. The molecule has 2 aromatic carbocycles. The molecule has 1 N–H and O–H groups in total. The van der Waals surface area contributed by atoms with Crippen LogP contribution in [0, 0.1) is 0 Å². The number of aliphatic imine (C=N–C) groups is 1. The van der Waals surface area contributed by atoms with E-state index in [-0.39, 0.29) is 0 Å². The van der Waals surface area contributed by atoms with Gasteiger partial charge in [0.2, 0.25) is 0 Å². The van der Waals surface area contributed by atoms with E-state index in [1.165, 1.54) is 0 Å². The molecular weight excluding hydrogens is 276 g/mol. The van der Waals surface area contributed by atoms with E-state index in [9.17, 15) is 0 Å². The van der Waals surface area contributed by atoms with Crippen LogP contribution in [0.4, 0.5) is 0 Å². The predicted octanol–water partition coefficient (Wildman–Crippen LogP) is 3.01. The Labute approximate surface area is 130 Å². The van der Waals surface area contributed by atoms with Gasteiger partial charge in [0.05, 0.1) is 7.11 Å². The summed E-state index contributed by atoms with van der Waals surface area (Å²) in [4.78, 5) is 4.57. The number of nitrogens with one attached hydrogen (secondary N) is 1. The summed E-state index contributed by atoms with van der Waals surface area (Å²) in [6.07, 6.45) is 1.09. The van der Waals surface area contributed by atoms with Crippen LogP contribution in [-0.2, 0) is 6.61 Å². The van der Waals surface area contributed by atoms with Crippen molar-refractivity contribution in [2.45, 2.75) is 13.0 Å². The summed E-state index contributed by atoms with van der Waals surface area (Å²) in [7, 11) is 1.65. The van der Waals surface area contributed by atoms with Crippen LogP contribution in [0.25, 0.3) is 0 Å². The molecule has 0 radical (unpaired) electrons. The van der Waals surface area contributed by atoms with Crippen molar-refractivity contribution in [1.82, 2.24) is 5.32 Å². The van der Waals surface area contributed by atoms with Crippen LogP contribution in [0.5, 0.6) is 11.5 Å². The molecule has 22 heavy (non-hydrogen) atoms. The van der Waals surface area contributed by atoms with Crippen molar-refractivity contribution < 1.29 is 9.47 Å². The molecule has 0 fully saturated rings. The van der Waals surface area contributed by atoms with Crippen molar-refractivity contribution in [1.29, 1.82) is 0 Å². The quantitative estimate of drug-likeness (QED) is 0.922.